The first-order chi connectivity index (χ1) is 33.0. The van der Waals surface area contributed by atoms with Crippen molar-refractivity contribution in [3.8, 4) is 0 Å². The Labute approximate surface area is 408 Å². The molecule has 0 amide bonds. The fraction of sp³-hybridized carbons (Fsp3) is 0.811. The summed E-state index contributed by atoms with van der Waals surface area (Å²) in [5.41, 5.74) is 0. The number of rotatable bonds is 41. The summed E-state index contributed by atoms with van der Waals surface area (Å²) >= 11 is 0. The topological polar surface area (TPSA) is 231 Å². The third-order valence-corrected chi connectivity index (χ3v) is 12.4. The van der Waals surface area contributed by atoms with Crippen LogP contribution in [0.4, 0.5) is 0 Å². The third kappa shape index (κ3) is 27.7. The number of aliphatic hydroxyl groups is 7. The van der Waals surface area contributed by atoms with Crippen molar-refractivity contribution in [1.29, 1.82) is 0 Å². The van der Waals surface area contributed by atoms with Crippen LogP contribution < -0.4 is 0 Å². The minimum Gasteiger partial charge on any atom is -0.462 e. The molecule has 394 valence electrons. The van der Waals surface area contributed by atoms with Crippen LogP contribution in [0.5, 0.6) is 0 Å². The number of aliphatic hydroxyl groups excluding tert-OH is 7. The highest BCUT2D eigenvalue weighted by Crippen LogP contribution is 2.26. The van der Waals surface area contributed by atoms with Crippen LogP contribution in [0.3, 0.4) is 0 Å². The molecule has 0 aromatic carbocycles. The Kier molecular flexibility index (Phi) is 36.3. The first kappa shape index (κ1) is 61.6. The van der Waals surface area contributed by atoms with Gasteiger partial charge in [0, 0.05) is 12.8 Å². The molecule has 2 heterocycles. The molecule has 0 saturated carbocycles. The summed E-state index contributed by atoms with van der Waals surface area (Å²) < 4.78 is 33.6. The average molecular weight is 969 g/mol. The molecule has 2 rings (SSSR count). The van der Waals surface area contributed by atoms with E-state index in [-0.39, 0.29) is 19.4 Å². The summed E-state index contributed by atoms with van der Waals surface area (Å²) in [7, 11) is 0. The predicted octanol–water partition coefficient (Wildman–Crippen LogP) is 7.49. The maximum absolute atomic E-state index is 13.0. The van der Waals surface area contributed by atoms with Crippen molar-refractivity contribution in [2.75, 3.05) is 26.4 Å². The molecule has 11 atom stereocenters. The highest BCUT2D eigenvalue weighted by Gasteiger charge is 2.47. The Morgan fingerprint density at radius 1 is 0.515 bits per heavy atom. The molecule has 0 aromatic rings. The molecule has 0 bridgehead atoms. The molecule has 7 N–H and O–H groups in total. The highest BCUT2D eigenvalue weighted by molar-refractivity contribution is 5.70. The quantitative estimate of drug-likeness (QED) is 0.0179. The fourth-order valence-corrected chi connectivity index (χ4v) is 8.09. The standard InChI is InChI=1S/C53H92O15/c1-3-5-7-9-11-13-15-17-19-20-22-23-25-27-29-31-33-35-44(55)63-38-41(66-45(56)36-34-32-30-28-26-24-21-18-16-14-12-10-8-6-4-2)39-64-52-51(62)49(60)47(58)43(68-52)40-65-53-50(61)48(59)46(57)42(37-54)67-53/h4,11,13,17,19,22-23,41-43,46-54,57-62H,2-3,5-10,12,14-16,18,20-21,24-40H2,1H3/b13-11+,19-17+,23-22+/t41-,42+,43+,46-,47-,48?,49?,50?,51?,52+,53+/m0/s1. The molecule has 2 fully saturated rings. The van der Waals surface area contributed by atoms with Gasteiger partial charge in [-0.15, -0.1) is 6.58 Å². The van der Waals surface area contributed by atoms with Gasteiger partial charge in [0.1, 0.15) is 55.4 Å². The molecule has 15 heteroatoms. The molecular weight excluding hydrogens is 877 g/mol. The number of allylic oxidation sites excluding steroid dienone is 7. The summed E-state index contributed by atoms with van der Waals surface area (Å²) in [6.07, 6.45) is 25.9. The van der Waals surface area contributed by atoms with Gasteiger partial charge in [0.25, 0.3) is 0 Å². The van der Waals surface area contributed by atoms with E-state index >= 15 is 0 Å². The van der Waals surface area contributed by atoms with Gasteiger partial charge in [0.15, 0.2) is 18.7 Å². The zero-order valence-electron chi connectivity index (χ0n) is 41.4. The molecule has 4 unspecified atom stereocenters. The number of carbonyl (C=O) groups is 2. The van der Waals surface area contributed by atoms with Gasteiger partial charge in [-0.25, -0.2) is 0 Å². The number of carbonyl (C=O) groups excluding carboxylic acids is 2. The Morgan fingerprint density at radius 3 is 1.49 bits per heavy atom. The van der Waals surface area contributed by atoms with E-state index < -0.39 is 99.3 Å². The second-order valence-corrected chi connectivity index (χ2v) is 18.4. The molecule has 0 aromatic heterocycles. The van der Waals surface area contributed by atoms with Crippen molar-refractivity contribution in [2.45, 2.75) is 248 Å². The monoisotopic (exact) mass is 969 g/mol. The number of esters is 2. The Balaban J connectivity index is 1.81. The Bertz CT molecular complexity index is 1360. The van der Waals surface area contributed by atoms with Crippen molar-refractivity contribution in [2.24, 2.45) is 0 Å². The van der Waals surface area contributed by atoms with Gasteiger partial charge in [-0.05, 0) is 64.2 Å². The van der Waals surface area contributed by atoms with E-state index in [4.69, 9.17) is 28.4 Å². The second-order valence-electron chi connectivity index (χ2n) is 18.4. The SMILES string of the molecule is C=CCCCCCCCCCCCCCCCC(=O)O[C@@H](COC(=O)CCCCCC/C=C/C/C=C/C/C=C/CCCCC)CO[C@@H]1O[C@H](CO[C@@H]2O[C@H](CO)[C@H](O)C(O)C2O)[C@H](O)C(O)C1O. The smallest absolute Gasteiger partial charge is 0.306 e. The number of unbranched alkanes of at least 4 members (excludes halogenated alkanes) is 20. The molecule has 68 heavy (non-hydrogen) atoms. The van der Waals surface area contributed by atoms with E-state index in [9.17, 15) is 45.3 Å². The molecule has 2 aliphatic heterocycles. The molecular formula is C53H92O15. The van der Waals surface area contributed by atoms with E-state index in [0.29, 0.717) is 12.8 Å². The van der Waals surface area contributed by atoms with Crippen LogP contribution in [0.25, 0.3) is 0 Å². The maximum atomic E-state index is 13.0. The van der Waals surface area contributed by atoms with Gasteiger partial charge in [-0.2, -0.15) is 0 Å². The molecule has 0 aliphatic carbocycles. The van der Waals surface area contributed by atoms with Crippen molar-refractivity contribution in [3.05, 3.63) is 49.1 Å². The van der Waals surface area contributed by atoms with Crippen LogP contribution >= 0.6 is 0 Å². The van der Waals surface area contributed by atoms with E-state index in [1.54, 1.807) is 0 Å². The first-order valence-corrected chi connectivity index (χ1v) is 26.2. The Hall–Kier alpha value is -2.54. The lowest BCUT2D eigenvalue weighted by molar-refractivity contribution is -0.332. The summed E-state index contributed by atoms with van der Waals surface area (Å²) in [4.78, 5) is 25.8. The van der Waals surface area contributed by atoms with E-state index in [1.165, 1.54) is 77.0 Å². The van der Waals surface area contributed by atoms with Crippen LogP contribution in [-0.2, 0) is 38.0 Å². The molecule has 15 nitrogen and oxygen atoms in total. The minimum atomic E-state index is -1.77. The van der Waals surface area contributed by atoms with Gasteiger partial charge >= 0.3 is 11.9 Å². The summed E-state index contributed by atoms with van der Waals surface area (Å²) in [5.74, 6) is -0.952. The predicted molar refractivity (Wildman–Crippen MR) is 261 cm³/mol. The van der Waals surface area contributed by atoms with Gasteiger partial charge in [0.05, 0.1) is 19.8 Å². The van der Waals surface area contributed by atoms with Crippen LogP contribution in [0.15, 0.2) is 49.1 Å². The average Bonchev–Trinajstić information content (AvgIpc) is 3.33. The summed E-state index contributed by atoms with van der Waals surface area (Å²) in [6, 6.07) is 0. The van der Waals surface area contributed by atoms with Crippen molar-refractivity contribution in [3.63, 3.8) is 0 Å². The number of hydrogen-bond donors (Lipinski definition) is 7. The highest BCUT2D eigenvalue weighted by atomic mass is 16.7. The maximum Gasteiger partial charge on any atom is 0.306 e. The lowest BCUT2D eigenvalue weighted by Gasteiger charge is -2.42. The van der Waals surface area contributed by atoms with Gasteiger partial charge < -0.3 is 64.2 Å². The van der Waals surface area contributed by atoms with E-state index in [2.05, 4.69) is 50.0 Å². The van der Waals surface area contributed by atoms with Gasteiger partial charge in [0.2, 0.25) is 0 Å². The van der Waals surface area contributed by atoms with Crippen molar-refractivity contribution < 1.29 is 73.8 Å². The zero-order chi connectivity index (χ0) is 49.6. The fourth-order valence-electron chi connectivity index (χ4n) is 8.09. The number of hydrogen-bond acceptors (Lipinski definition) is 15. The first-order valence-electron chi connectivity index (χ1n) is 26.2. The summed E-state index contributed by atoms with van der Waals surface area (Å²) in [6.45, 7) is 4.07. The van der Waals surface area contributed by atoms with Crippen LogP contribution in [0.2, 0.25) is 0 Å². The zero-order valence-corrected chi connectivity index (χ0v) is 41.4. The van der Waals surface area contributed by atoms with E-state index in [0.717, 1.165) is 70.6 Å². The number of ether oxygens (including phenoxy) is 6. The largest absolute Gasteiger partial charge is 0.462 e. The lowest BCUT2D eigenvalue weighted by atomic mass is 9.98. The third-order valence-electron chi connectivity index (χ3n) is 12.4. The van der Waals surface area contributed by atoms with Crippen molar-refractivity contribution in [1.82, 2.24) is 0 Å². The van der Waals surface area contributed by atoms with Crippen LogP contribution in [0.1, 0.15) is 180 Å². The summed E-state index contributed by atoms with van der Waals surface area (Å²) in [5, 5.41) is 72.1. The molecule has 0 spiro atoms. The van der Waals surface area contributed by atoms with E-state index in [1.807, 2.05) is 6.08 Å². The normalized spacial score (nSPS) is 25.9. The molecule has 2 aliphatic rings. The van der Waals surface area contributed by atoms with Gasteiger partial charge in [-0.1, -0.05) is 146 Å². The van der Waals surface area contributed by atoms with Gasteiger partial charge in [-0.3, -0.25) is 9.59 Å². The van der Waals surface area contributed by atoms with Crippen molar-refractivity contribution >= 4 is 11.9 Å². The molecule has 2 saturated heterocycles. The Morgan fingerprint density at radius 2 is 0.956 bits per heavy atom. The van der Waals surface area contributed by atoms with Crippen LogP contribution in [0, 0.1) is 0 Å². The second kappa shape index (κ2) is 40.1. The lowest BCUT2D eigenvalue weighted by Crippen LogP contribution is -2.61. The van der Waals surface area contributed by atoms with Crippen LogP contribution in [-0.4, -0.2) is 142 Å². The minimum absolute atomic E-state index is 0.158. The molecule has 0 radical (unpaired) electrons.